The maximum absolute atomic E-state index is 13.2. The van der Waals surface area contributed by atoms with Gasteiger partial charge in [-0.3, -0.25) is 4.99 Å². The smallest absolute Gasteiger partial charge is 0.191 e. The molecule has 2 rings (SSSR count). The maximum atomic E-state index is 13.2. The number of halogens is 2. The van der Waals surface area contributed by atoms with Crippen LogP contribution in [0.25, 0.3) is 0 Å². The first-order valence-corrected chi connectivity index (χ1v) is 8.65. The van der Waals surface area contributed by atoms with Crippen molar-refractivity contribution in [2.75, 3.05) is 33.4 Å². The second-order valence-electron chi connectivity index (χ2n) is 6.00. The van der Waals surface area contributed by atoms with Crippen LogP contribution in [0.15, 0.2) is 29.3 Å². The van der Waals surface area contributed by atoms with Gasteiger partial charge in [0.1, 0.15) is 17.7 Å². The average molecular weight is 465 g/mol. The molecule has 1 atom stereocenters. The van der Waals surface area contributed by atoms with Crippen molar-refractivity contribution < 1.29 is 13.9 Å². The van der Waals surface area contributed by atoms with E-state index in [4.69, 9.17) is 9.47 Å². The van der Waals surface area contributed by atoms with Gasteiger partial charge in [-0.05, 0) is 37.3 Å². The molecule has 5 nitrogen and oxygen atoms in total. The van der Waals surface area contributed by atoms with E-state index in [-0.39, 0.29) is 35.9 Å². The Labute approximate surface area is 166 Å². The summed E-state index contributed by atoms with van der Waals surface area (Å²) in [7, 11) is 1.73. The molecule has 0 radical (unpaired) electrons. The van der Waals surface area contributed by atoms with Crippen LogP contribution in [-0.4, -0.2) is 45.4 Å². The SMILES string of the molecule is CCC(CNC(=NC)NCCOCC1CC1)Oc1cccc(F)c1.I. The van der Waals surface area contributed by atoms with E-state index in [0.717, 1.165) is 18.9 Å². The van der Waals surface area contributed by atoms with Crippen LogP contribution in [0.1, 0.15) is 26.2 Å². The van der Waals surface area contributed by atoms with Gasteiger partial charge in [0.05, 0.1) is 13.2 Å². The number of guanidine groups is 1. The van der Waals surface area contributed by atoms with Crippen LogP contribution in [0.2, 0.25) is 0 Å². The fourth-order valence-electron chi connectivity index (χ4n) is 2.21. The van der Waals surface area contributed by atoms with Gasteiger partial charge in [0.15, 0.2) is 5.96 Å². The molecule has 0 aromatic heterocycles. The first-order valence-electron chi connectivity index (χ1n) is 8.65. The third-order valence-electron chi connectivity index (χ3n) is 3.86. The second-order valence-corrected chi connectivity index (χ2v) is 6.00. The van der Waals surface area contributed by atoms with E-state index in [1.807, 2.05) is 6.92 Å². The van der Waals surface area contributed by atoms with Crippen LogP contribution >= 0.6 is 24.0 Å². The standard InChI is InChI=1S/C18H28FN3O2.HI/c1-3-16(24-17-6-4-5-15(19)11-17)12-22-18(20-2)21-9-10-23-13-14-7-8-14;/h4-6,11,14,16H,3,7-10,12-13H2,1-2H3,(H2,20,21,22);1H. The predicted molar refractivity (Wildman–Crippen MR) is 109 cm³/mol. The summed E-state index contributed by atoms with van der Waals surface area (Å²) in [5.74, 6) is 1.75. The molecule has 0 amide bonds. The zero-order valence-electron chi connectivity index (χ0n) is 15.0. The molecular weight excluding hydrogens is 436 g/mol. The van der Waals surface area contributed by atoms with Gasteiger partial charge >= 0.3 is 0 Å². The normalized spacial score (nSPS) is 15.2. The molecule has 1 aliphatic rings. The minimum absolute atomic E-state index is 0. The topological polar surface area (TPSA) is 54.9 Å². The molecule has 0 spiro atoms. The van der Waals surface area contributed by atoms with Gasteiger partial charge in [0, 0.05) is 26.3 Å². The first-order chi connectivity index (χ1) is 11.7. The quantitative estimate of drug-likeness (QED) is 0.241. The monoisotopic (exact) mass is 465 g/mol. The molecule has 25 heavy (non-hydrogen) atoms. The van der Waals surface area contributed by atoms with E-state index >= 15 is 0 Å². The zero-order valence-corrected chi connectivity index (χ0v) is 17.3. The summed E-state index contributed by atoms with van der Waals surface area (Å²) in [6.07, 6.45) is 3.36. The molecule has 1 aromatic rings. The number of rotatable bonds is 10. The number of hydrogen-bond acceptors (Lipinski definition) is 3. The molecule has 0 bridgehead atoms. The summed E-state index contributed by atoms with van der Waals surface area (Å²) >= 11 is 0. The van der Waals surface area contributed by atoms with Gasteiger partial charge < -0.3 is 20.1 Å². The summed E-state index contributed by atoms with van der Waals surface area (Å²) in [5, 5.41) is 6.45. The van der Waals surface area contributed by atoms with Gasteiger partial charge in [-0.15, -0.1) is 24.0 Å². The van der Waals surface area contributed by atoms with Crippen LogP contribution in [-0.2, 0) is 4.74 Å². The van der Waals surface area contributed by atoms with Crippen molar-refractivity contribution in [3.63, 3.8) is 0 Å². The second kappa shape index (κ2) is 12.3. The Balaban J connectivity index is 0.00000312. The average Bonchev–Trinajstić information content (AvgIpc) is 3.40. The number of hydrogen-bond donors (Lipinski definition) is 2. The van der Waals surface area contributed by atoms with Crippen LogP contribution in [0, 0.1) is 11.7 Å². The summed E-state index contributed by atoms with van der Waals surface area (Å²) < 4.78 is 24.6. The largest absolute Gasteiger partial charge is 0.489 e. The molecular formula is C18H29FIN3O2. The third-order valence-corrected chi connectivity index (χ3v) is 3.86. The van der Waals surface area contributed by atoms with Gasteiger partial charge in [-0.1, -0.05) is 13.0 Å². The molecule has 0 aliphatic heterocycles. The van der Waals surface area contributed by atoms with Crippen molar-refractivity contribution in [2.45, 2.75) is 32.3 Å². The highest BCUT2D eigenvalue weighted by Crippen LogP contribution is 2.28. The van der Waals surface area contributed by atoms with Crippen molar-refractivity contribution in [2.24, 2.45) is 10.9 Å². The number of ether oxygens (including phenoxy) is 2. The highest BCUT2D eigenvalue weighted by molar-refractivity contribution is 14.0. The van der Waals surface area contributed by atoms with Gasteiger partial charge in [0.2, 0.25) is 0 Å². The van der Waals surface area contributed by atoms with Crippen LogP contribution in [0.5, 0.6) is 5.75 Å². The fraction of sp³-hybridized carbons (Fsp3) is 0.611. The number of benzene rings is 1. The fourth-order valence-corrected chi connectivity index (χ4v) is 2.21. The van der Waals surface area contributed by atoms with Crippen molar-refractivity contribution >= 4 is 29.9 Å². The Morgan fingerprint density at radius 1 is 1.36 bits per heavy atom. The molecule has 2 N–H and O–H groups in total. The molecule has 1 fully saturated rings. The molecule has 142 valence electrons. The molecule has 0 heterocycles. The number of nitrogens with zero attached hydrogens (tertiary/aromatic N) is 1. The lowest BCUT2D eigenvalue weighted by molar-refractivity contribution is 0.129. The predicted octanol–water partition coefficient (Wildman–Crippen LogP) is 3.19. The lowest BCUT2D eigenvalue weighted by atomic mass is 10.2. The maximum Gasteiger partial charge on any atom is 0.191 e. The highest BCUT2D eigenvalue weighted by Gasteiger charge is 2.20. The lowest BCUT2D eigenvalue weighted by Gasteiger charge is -2.20. The van der Waals surface area contributed by atoms with Gasteiger partial charge in [0.25, 0.3) is 0 Å². The number of nitrogens with one attached hydrogen (secondary N) is 2. The first kappa shape index (κ1) is 22.0. The van der Waals surface area contributed by atoms with Crippen molar-refractivity contribution in [1.29, 1.82) is 0 Å². The minimum atomic E-state index is -0.293. The lowest BCUT2D eigenvalue weighted by Crippen LogP contribution is -2.43. The zero-order chi connectivity index (χ0) is 17.2. The van der Waals surface area contributed by atoms with Crippen LogP contribution < -0.4 is 15.4 Å². The Morgan fingerprint density at radius 2 is 2.16 bits per heavy atom. The van der Waals surface area contributed by atoms with Crippen LogP contribution in [0.3, 0.4) is 0 Å². The van der Waals surface area contributed by atoms with Crippen molar-refractivity contribution in [3.8, 4) is 5.75 Å². The highest BCUT2D eigenvalue weighted by atomic mass is 127. The number of aliphatic imine (C=N–C) groups is 1. The Hall–Kier alpha value is -1.09. The molecule has 1 unspecified atom stereocenters. The molecule has 1 aliphatic carbocycles. The van der Waals surface area contributed by atoms with Crippen LogP contribution in [0.4, 0.5) is 4.39 Å². The molecule has 0 saturated heterocycles. The third kappa shape index (κ3) is 9.25. The Kier molecular flexibility index (Phi) is 10.8. The summed E-state index contributed by atoms with van der Waals surface area (Å²) in [5.41, 5.74) is 0. The molecule has 1 aromatic carbocycles. The van der Waals surface area contributed by atoms with E-state index < -0.39 is 0 Å². The van der Waals surface area contributed by atoms with Crippen molar-refractivity contribution in [3.05, 3.63) is 30.1 Å². The van der Waals surface area contributed by atoms with E-state index in [9.17, 15) is 4.39 Å². The van der Waals surface area contributed by atoms with Gasteiger partial charge in [-0.2, -0.15) is 0 Å². The summed E-state index contributed by atoms with van der Waals surface area (Å²) in [6.45, 7) is 4.89. The molecule has 7 heteroatoms. The molecule has 1 saturated carbocycles. The Morgan fingerprint density at radius 3 is 2.80 bits per heavy atom. The van der Waals surface area contributed by atoms with Crippen molar-refractivity contribution in [1.82, 2.24) is 10.6 Å². The van der Waals surface area contributed by atoms with E-state index in [1.54, 1.807) is 19.2 Å². The summed E-state index contributed by atoms with van der Waals surface area (Å²) in [6, 6.07) is 6.21. The van der Waals surface area contributed by atoms with E-state index in [0.29, 0.717) is 31.4 Å². The van der Waals surface area contributed by atoms with Gasteiger partial charge in [-0.25, -0.2) is 4.39 Å². The van der Waals surface area contributed by atoms with E-state index in [2.05, 4.69) is 15.6 Å². The summed E-state index contributed by atoms with van der Waals surface area (Å²) in [4.78, 5) is 4.18. The van der Waals surface area contributed by atoms with E-state index in [1.165, 1.54) is 25.0 Å². The Bertz CT molecular complexity index is 527. The minimum Gasteiger partial charge on any atom is -0.489 e.